The van der Waals surface area contributed by atoms with Crippen molar-refractivity contribution in [3.05, 3.63) is 23.8 Å². The molecule has 0 aliphatic rings. The molecule has 0 amide bonds. The molecule has 4 nitrogen and oxygen atoms in total. The zero-order valence-corrected chi connectivity index (χ0v) is 11.9. The van der Waals surface area contributed by atoms with E-state index in [1.807, 2.05) is 6.92 Å². The summed E-state index contributed by atoms with van der Waals surface area (Å²) in [6.07, 6.45) is -0.712. The maximum Gasteiger partial charge on any atom is 0.220 e. The highest BCUT2D eigenvalue weighted by molar-refractivity contribution is 6.14. The van der Waals surface area contributed by atoms with E-state index in [1.165, 1.54) is 32.4 Å². The number of hydrogen-bond donors (Lipinski definition) is 0. The van der Waals surface area contributed by atoms with Gasteiger partial charge in [-0.25, -0.2) is 4.39 Å². The lowest BCUT2D eigenvalue weighted by molar-refractivity contribution is -0.122. The van der Waals surface area contributed by atoms with Crippen LogP contribution in [0.25, 0.3) is 0 Å². The van der Waals surface area contributed by atoms with Gasteiger partial charge in [0.25, 0.3) is 0 Å². The predicted molar refractivity (Wildman–Crippen MR) is 73.3 cm³/mol. The molecule has 0 saturated heterocycles. The summed E-state index contributed by atoms with van der Waals surface area (Å²) in [7, 11) is 2.85. The number of ketones is 2. The smallest absolute Gasteiger partial charge is 0.220 e. The number of unbranched alkanes of at least 4 members (excludes halogenated alkanes) is 1. The Morgan fingerprint density at radius 1 is 1.25 bits per heavy atom. The first-order chi connectivity index (χ1) is 9.54. The van der Waals surface area contributed by atoms with Gasteiger partial charge >= 0.3 is 0 Å². The maximum absolute atomic E-state index is 13.9. The molecule has 0 spiro atoms. The van der Waals surface area contributed by atoms with Crippen molar-refractivity contribution in [2.75, 3.05) is 14.2 Å². The molecule has 0 aliphatic heterocycles. The number of benzene rings is 1. The van der Waals surface area contributed by atoms with E-state index in [1.54, 1.807) is 0 Å². The van der Waals surface area contributed by atoms with E-state index in [0.717, 1.165) is 6.42 Å². The summed E-state index contributed by atoms with van der Waals surface area (Å²) in [6, 6.07) is 4.41. The van der Waals surface area contributed by atoms with Gasteiger partial charge in [0, 0.05) is 12.5 Å². The third-order valence-corrected chi connectivity index (χ3v) is 2.96. The van der Waals surface area contributed by atoms with Crippen LogP contribution in [0.3, 0.4) is 0 Å². The van der Waals surface area contributed by atoms with Gasteiger partial charge in [-0.1, -0.05) is 13.3 Å². The van der Waals surface area contributed by atoms with Crippen LogP contribution in [0, 0.1) is 0 Å². The van der Waals surface area contributed by atoms with E-state index in [-0.39, 0.29) is 17.7 Å². The molecule has 1 rings (SSSR count). The fraction of sp³-hybridized carbons (Fsp3) is 0.467. The number of methoxy groups -OCH3 is 2. The van der Waals surface area contributed by atoms with Crippen molar-refractivity contribution in [2.45, 2.75) is 32.4 Å². The number of Topliss-reactive ketones (excluding diaryl/α,β-unsaturated/α-hetero) is 2. The molecule has 0 fully saturated rings. The standard InChI is InChI=1S/C15H19FO4/c1-4-5-6-12(17)14(16)15(18)11-8-7-10(19-2)9-13(11)20-3/h7-9,14H,4-6H2,1-3H3. The van der Waals surface area contributed by atoms with Crippen LogP contribution in [-0.4, -0.2) is 32.0 Å². The van der Waals surface area contributed by atoms with Gasteiger partial charge in [0.15, 0.2) is 5.78 Å². The van der Waals surface area contributed by atoms with Crippen LogP contribution >= 0.6 is 0 Å². The average Bonchev–Trinajstić information content (AvgIpc) is 2.50. The number of ether oxygens (including phenoxy) is 2. The highest BCUT2D eigenvalue weighted by atomic mass is 19.1. The number of alkyl halides is 1. The lowest BCUT2D eigenvalue weighted by Gasteiger charge is -2.11. The summed E-state index contributed by atoms with van der Waals surface area (Å²) in [4.78, 5) is 23.6. The zero-order chi connectivity index (χ0) is 15.1. The Kier molecular flexibility index (Phi) is 6.15. The molecule has 1 atom stereocenters. The predicted octanol–water partition coefficient (Wildman–Crippen LogP) is 2.98. The van der Waals surface area contributed by atoms with Crippen LogP contribution in [-0.2, 0) is 4.79 Å². The third kappa shape index (κ3) is 3.79. The van der Waals surface area contributed by atoms with Crippen LogP contribution in [0.4, 0.5) is 4.39 Å². The quantitative estimate of drug-likeness (QED) is 0.543. The maximum atomic E-state index is 13.9. The molecular formula is C15H19FO4. The molecule has 0 N–H and O–H groups in total. The third-order valence-electron chi connectivity index (χ3n) is 2.96. The highest BCUT2D eigenvalue weighted by Gasteiger charge is 2.28. The normalized spacial score (nSPS) is 11.8. The van der Waals surface area contributed by atoms with Crippen LogP contribution in [0.5, 0.6) is 11.5 Å². The van der Waals surface area contributed by atoms with Gasteiger partial charge in [0.1, 0.15) is 11.5 Å². The van der Waals surface area contributed by atoms with Gasteiger partial charge < -0.3 is 9.47 Å². The van der Waals surface area contributed by atoms with Crippen molar-refractivity contribution < 1.29 is 23.5 Å². The first-order valence-corrected chi connectivity index (χ1v) is 6.48. The lowest BCUT2D eigenvalue weighted by atomic mass is 10.0. The van der Waals surface area contributed by atoms with E-state index in [2.05, 4.69) is 0 Å². The second kappa shape index (κ2) is 7.62. The Hall–Kier alpha value is -1.91. The molecule has 0 saturated carbocycles. The molecule has 0 bridgehead atoms. The van der Waals surface area contributed by atoms with Crippen molar-refractivity contribution in [1.29, 1.82) is 0 Å². The second-order valence-electron chi connectivity index (χ2n) is 4.36. The minimum absolute atomic E-state index is 0.0469. The van der Waals surface area contributed by atoms with Crippen LogP contribution < -0.4 is 9.47 Å². The number of carbonyl (C=O) groups is 2. The molecule has 110 valence electrons. The topological polar surface area (TPSA) is 52.6 Å². The number of rotatable bonds is 8. The van der Waals surface area contributed by atoms with Gasteiger partial charge in [0.05, 0.1) is 19.8 Å². The molecule has 1 unspecified atom stereocenters. The minimum Gasteiger partial charge on any atom is -0.497 e. The van der Waals surface area contributed by atoms with Gasteiger partial charge in [-0.05, 0) is 18.6 Å². The lowest BCUT2D eigenvalue weighted by Crippen LogP contribution is -2.26. The van der Waals surface area contributed by atoms with E-state index in [4.69, 9.17) is 9.47 Å². The summed E-state index contributed by atoms with van der Waals surface area (Å²) in [5.74, 6) is -0.869. The monoisotopic (exact) mass is 282 g/mol. The van der Waals surface area contributed by atoms with E-state index in [9.17, 15) is 14.0 Å². The highest BCUT2D eigenvalue weighted by Crippen LogP contribution is 2.26. The number of hydrogen-bond acceptors (Lipinski definition) is 4. The molecule has 0 radical (unpaired) electrons. The minimum atomic E-state index is -2.14. The summed E-state index contributed by atoms with van der Waals surface area (Å²) in [6.45, 7) is 1.90. The average molecular weight is 282 g/mol. The SMILES string of the molecule is CCCCC(=O)C(F)C(=O)c1ccc(OC)cc1OC. The molecule has 0 aromatic heterocycles. The van der Waals surface area contributed by atoms with Crippen molar-refractivity contribution in [3.63, 3.8) is 0 Å². The molecule has 0 heterocycles. The molecule has 1 aromatic carbocycles. The molecule has 5 heteroatoms. The zero-order valence-electron chi connectivity index (χ0n) is 11.9. The Morgan fingerprint density at radius 3 is 2.50 bits per heavy atom. The fourth-order valence-corrected chi connectivity index (χ4v) is 1.76. The summed E-state index contributed by atoms with van der Waals surface area (Å²) < 4.78 is 24.0. The summed E-state index contributed by atoms with van der Waals surface area (Å²) in [5.41, 5.74) is 0.0469. The van der Waals surface area contributed by atoms with Crippen molar-refractivity contribution in [3.8, 4) is 11.5 Å². The summed E-state index contributed by atoms with van der Waals surface area (Å²) >= 11 is 0. The van der Waals surface area contributed by atoms with Crippen LogP contribution in [0.15, 0.2) is 18.2 Å². The van der Waals surface area contributed by atoms with Gasteiger partial charge in [0.2, 0.25) is 12.0 Å². The largest absolute Gasteiger partial charge is 0.497 e. The Balaban J connectivity index is 2.93. The van der Waals surface area contributed by atoms with E-state index in [0.29, 0.717) is 12.2 Å². The van der Waals surface area contributed by atoms with Gasteiger partial charge in [-0.3, -0.25) is 9.59 Å². The van der Waals surface area contributed by atoms with Crippen molar-refractivity contribution in [2.24, 2.45) is 0 Å². The molecule has 1 aromatic rings. The second-order valence-corrected chi connectivity index (χ2v) is 4.36. The van der Waals surface area contributed by atoms with E-state index >= 15 is 0 Å². The Morgan fingerprint density at radius 2 is 1.95 bits per heavy atom. The number of carbonyl (C=O) groups excluding carboxylic acids is 2. The number of halogens is 1. The van der Waals surface area contributed by atoms with Crippen LogP contribution in [0.1, 0.15) is 36.5 Å². The van der Waals surface area contributed by atoms with Crippen LogP contribution in [0.2, 0.25) is 0 Å². The van der Waals surface area contributed by atoms with E-state index < -0.39 is 17.7 Å². The van der Waals surface area contributed by atoms with Crippen molar-refractivity contribution in [1.82, 2.24) is 0 Å². The molecular weight excluding hydrogens is 263 g/mol. The first-order valence-electron chi connectivity index (χ1n) is 6.48. The van der Waals surface area contributed by atoms with Crippen molar-refractivity contribution >= 4 is 11.6 Å². The van der Waals surface area contributed by atoms with Gasteiger partial charge in [-0.15, -0.1) is 0 Å². The first kappa shape index (κ1) is 16.1. The summed E-state index contributed by atoms with van der Waals surface area (Å²) in [5, 5.41) is 0. The molecule has 0 aliphatic carbocycles. The Bertz CT molecular complexity index is 485. The fourth-order valence-electron chi connectivity index (χ4n) is 1.76. The molecule has 20 heavy (non-hydrogen) atoms. The Labute approximate surface area is 117 Å². The van der Waals surface area contributed by atoms with Gasteiger partial charge in [-0.2, -0.15) is 0 Å².